The first kappa shape index (κ1) is 16.3. The fraction of sp³-hybridized carbons (Fsp3) is 0.250. The summed E-state index contributed by atoms with van der Waals surface area (Å²) in [6.45, 7) is 0. The van der Waals surface area contributed by atoms with Gasteiger partial charge in [-0.15, -0.1) is 0 Å². The monoisotopic (exact) mass is 381 g/mol. The van der Waals surface area contributed by atoms with E-state index in [2.05, 4.69) is 10.5 Å². The van der Waals surface area contributed by atoms with E-state index < -0.39 is 11.6 Å². The van der Waals surface area contributed by atoms with Crippen molar-refractivity contribution in [1.82, 2.24) is 5.32 Å². The zero-order valence-corrected chi connectivity index (χ0v) is 15.0. The zero-order valence-electron chi connectivity index (χ0n) is 14.3. The molecule has 1 spiro atoms. The number of oxime groups is 1. The van der Waals surface area contributed by atoms with Crippen LogP contribution in [0.4, 0.5) is 10.5 Å². The molecule has 2 aromatic carbocycles. The molecular formula is C20H16ClN3O3. The molecule has 0 unspecified atom stereocenters. The molecule has 6 nitrogen and oxygen atoms in total. The van der Waals surface area contributed by atoms with E-state index in [1.165, 1.54) is 4.90 Å². The number of rotatable bonds is 3. The van der Waals surface area contributed by atoms with Crippen LogP contribution in [0.1, 0.15) is 18.4 Å². The van der Waals surface area contributed by atoms with Crippen molar-refractivity contribution in [1.29, 1.82) is 0 Å². The highest BCUT2D eigenvalue weighted by molar-refractivity contribution is 6.31. The van der Waals surface area contributed by atoms with E-state index in [-0.39, 0.29) is 17.9 Å². The number of nitrogens with zero attached hydrogens (tertiary/aromatic N) is 2. The third-order valence-electron chi connectivity index (χ3n) is 5.47. The van der Waals surface area contributed by atoms with Gasteiger partial charge in [-0.2, -0.15) is 0 Å². The first-order chi connectivity index (χ1) is 13.1. The Bertz CT molecular complexity index is 960. The molecule has 0 bridgehead atoms. The van der Waals surface area contributed by atoms with Crippen LogP contribution in [-0.2, 0) is 9.63 Å². The third-order valence-corrected chi connectivity index (χ3v) is 5.72. The quantitative estimate of drug-likeness (QED) is 0.829. The van der Waals surface area contributed by atoms with Crippen molar-refractivity contribution in [3.05, 3.63) is 65.2 Å². The average Bonchev–Trinajstić information content (AvgIpc) is 3.08. The van der Waals surface area contributed by atoms with Crippen LogP contribution in [0.2, 0.25) is 5.02 Å². The van der Waals surface area contributed by atoms with E-state index in [4.69, 9.17) is 16.4 Å². The maximum atomic E-state index is 13.0. The molecule has 2 fully saturated rings. The summed E-state index contributed by atoms with van der Waals surface area (Å²) in [6.07, 6.45) is 0.972. The van der Waals surface area contributed by atoms with E-state index in [1.54, 1.807) is 24.3 Å². The van der Waals surface area contributed by atoms with Gasteiger partial charge in [-0.3, -0.25) is 4.79 Å². The van der Waals surface area contributed by atoms with Crippen molar-refractivity contribution in [2.45, 2.75) is 24.5 Å². The van der Waals surface area contributed by atoms with Gasteiger partial charge in [0.1, 0.15) is 11.6 Å². The maximum Gasteiger partial charge on any atom is 0.329 e. The van der Waals surface area contributed by atoms with E-state index >= 15 is 0 Å². The van der Waals surface area contributed by atoms with Gasteiger partial charge in [-0.25, -0.2) is 9.69 Å². The summed E-state index contributed by atoms with van der Waals surface area (Å²) in [5, 5.41) is 7.62. The lowest BCUT2D eigenvalue weighted by Gasteiger charge is -2.14. The van der Waals surface area contributed by atoms with Crippen molar-refractivity contribution < 1.29 is 14.4 Å². The number of amides is 3. The molecule has 2 aliphatic heterocycles. The average molecular weight is 382 g/mol. The van der Waals surface area contributed by atoms with E-state index in [9.17, 15) is 9.59 Å². The number of carbonyl (C=O) groups is 2. The van der Waals surface area contributed by atoms with Gasteiger partial charge >= 0.3 is 6.03 Å². The highest BCUT2D eigenvalue weighted by Gasteiger charge is 2.70. The molecule has 3 atom stereocenters. The molecule has 1 saturated carbocycles. The highest BCUT2D eigenvalue weighted by Crippen LogP contribution is 2.52. The number of anilines is 1. The number of hydrogen-bond donors (Lipinski definition) is 1. The van der Waals surface area contributed by atoms with Crippen LogP contribution in [0.3, 0.4) is 0 Å². The molecule has 2 heterocycles. The van der Waals surface area contributed by atoms with Crippen LogP contribution in [0, 0.1) is 5.92 Å². The Kier molecular flexibility index (Phi) is 3.52. The van der Waals surface area contributed by atoms with Crippen LogP contribution in [0.25, 0.3) is 0 Å². The van der Waals surface area contributed by atoms with Crippen LogP contribution in [0.5, 0.6) is 0 Å². The summed E-state index contributed by atoms with van der Waals surface area (Å²) in [5.74, 6) is -0.326. The van der Waals surface area contributed by atoms with Crippen molar-refractivity contribution in [2.75, 3.05) is 4.90 Å². The van der Waals surface area contributed by atoms with Gasteiger partial charge in [0.15, 0.2) is 0 Å². The molecule has 1 aliphatic carbocycles. The number of hydrogen-bond acceptors (Lipinski definition) is 4. The SMILES string of the molecule is O=C1N[C@@]2(C[C@H]2[C@@H]2CC(c3ccccc3)=NO2)C(=O)N1c1ccc(Cl)cc1. The van der Waals surface area contributed by atoms with Crippen molar-refractivity contribution in [2.24, 2.45) is 11.1 Å². The highest BCUT2D eigenvalue weighted by atomic mass is 35.5. The Morgan fingerprint density at radius 1 is 1.11 bits per heavy atom. The molecule has 7 heteroatoms. The normalized spacial score (nSPS) is 28.9. The molecule has 1 N–H and O–H groups in total. The van der Waals surface area contributed by atoms with Gasteiger partial charge in [0, 0.05) is 17.4 Å². The van der Waals surface area contributed by atoms with Crippen molar-refractivity contribution in [3.63, 3.8) is 0 Å². The Hall–Kier alpha value is -2.86. The maximum absolute atomic E-state index is 13.0. The third kappa shape index (κ3) is 2.51. The summed E-state index contributed by atoms with van der Waals surface area (Å²) in [7, 11) is 0. The molecule has 5 rings (SSSR count). The molecule has 1 saturated heterocycles. The van der Waals surface area contributed by atoms with Crippen LogP contribution < -0.4 is 10.2 Å². The molecule has 0 aromatic heterocycles. The summed E-state index contributed by atoms with van der Waals surface area (Å²) < 4.78 is 0. The number of urea groups is 1. The van der Waals surface area contributed by atoms with Gasteiger partial charge in [0.25, 0.3) is 5.91 Å². The summed E-state index contributed by atoms with van der Waals surface area (Å²) >= 11 is 5.90. The predicted molar refractivity (Wildman–Crippen MR) is 101 cm³/mol. The molecule has 27 heavy (non-hydrogen) atoms. The largest absolute Gasteiger partial charge is 0.391 e. The summed E-state index contributed by atoms with van der Waals surface area (Å²) in [4.78, 5) is 32.3. The first-order valence-corrected chi connectivity index (χ1v) is 9.17. The number of nitrogens with one attached hydrogen (secondary N) is 1. The van der Waals surface area contributed by atoms with Crippen LogP contribution >= 0.6 is 11.6 Å². The second-order valence-electron chi connectivity index (χ2n) is 7.08. The van der Waals surface area contributed by atoms with Gasteiger partial charge in [0.05, 0.1) is 11.4 Å². The van der Waals surface area contributed by atoms with Gasteiger partial charge in [-0.05, 0) is 36.2 Å². The van der Waals surface area contributed by atoms with E-state index in [0.717, 1.165) is 11.3 Å². The zero-order chi connectivity index (χ0) is 18.6. The topological polar surface area (TPSA) is 71.0 Å². The predicted octanol–water partition coefficient (Wildman–Crippen LogP) is 3.35. The van der Waals surface area contributed by atoms with Gasteiger partial charge in [-0.1, -0.05) is 47.1 Å². The lowest BCUT2D eigenvalue weighted by molar-refractivity contribution is -0.120. The minimum absolute atomic E-state index is 0.0868. The second-order valence-corrected chi connectivity index (χ2v) is 7.52. The fourth-order valence-corrected chi connectivity index (χ4v) is 4.08. The second kappa shape index (κ2) is 5.82. The Labute approximate surface area is 160 Å². The Balaban J connectivity index is 1.33. The lowest BCUT2D eigenvalue weighted by Crippen LogP contribution is -2.37. The molecule has 3 amide bonds. The molecule has 0 radical (unpaired) electrons. The summed E-state index contributed by atoms with van der Waals surface area (Å²) in [5.41, 5.74) is 1.51. The lowest BCUT2D eigenvalue weighted by atomic mass is 10.0. The fourth-order valence-electron chi connectivity index (χ4n) is 3.96. The van der Waals surface area contributed by atoms with Gasteiger partial charge < -0.3 is 10.2 Å². The number of halogens is 1. The van der Waals surface area contributed by atoms with Crippen LogP contribution in [-0.4, -0.2) is 29.3 Å². The molecular weight excluding hydrogens is 366 g/mol. The first-order valence-electron chi connectivity index (χ1n) is 8.79. The minimum Gasteiger partial charge on any atom is -0.391 e. The number of imide groups is 1. The van der Waals surface area contributed by atoms with E-state index in [1.807, 2.05) is 30.3 Å². The molecule has 3 aliphatic rings. The molecule has 2 aromatic rings. The number of benzene rings is 2. The van der Waals surface area contributed by atoms with E-state index in [0.29, 0.717) is 23.6 Å². The minimum atomic E-state index is -0.886. The Morgan fingerprint density at radius 2 is 1.85 bits per heavy atom. The van der Waals surface area contributed by atoms with Crippen molar-refractivity contribution >= 4 is 34.9 Å². The standard InChI is InChI=1S/C20H16ClN3O3/c21-13-6-8-14(9-7-13)24-18(25)20(22-19(24)26)11-15(20)17-10-16(23-27-17)12-4-2-1-3-5-12/h1-9,15,17H,10-11H2,(H,22,26)/t15-,17-,20+/m0/s1. The summed E-state index contributed by atoms with van der Waals surface area (Å²) in [6, 6.07) is 16.1. The Morgan fingerprint density at radius 3 is 2.59 bits per heavy atom. The molecule has 136 valence electrons. The smallest absolute Gasteiger partial charge is 0.329 e. The van der Waals surface area contributed by atoms with Crippen molar-refractivity contribution in [3.8, 4) is 0 Å². The van der Waals surface area contributed by atoms with Crippen LogP contribution in [0.15, 0.2) is 59.8 Å². The number of carbonyl (C=O) groups excluding carboxylic acids is 2. The van der Waals surface area contributed by atoms with Gasteiger partial charge in [0.2, 0.25) is 0 Å².